The van der Waals surface area contributed by atoms with Crippen LogP contribution in [-0.4, -0.2) is 15.2 Å². The van der Waals surface area contributed by atoms with Crippen LogP contribution >= 0.6 is 0 Å². The van der Waals surface area contributed by atoms with Crippen LogP contribution in [0.15, 0.2) is 11.1 Å². The van der Waals surface area contributed by atoms with E-state index in [0.717, 1.165) is 6.33 Å². The van der Waals surface area contributed by atoms with E-state index in [4.69, 9.17) is 5.21 Å². The summed E-state index contributed by atoms with van der Waals surface area (Å²) in [6.07, 6.45) is 1.16. The molecule has 11 heavy (non-hydrogen) atoms. The summed E-state index contributed by atoms with van der Waals surface area (Å²) in [6, 6.07) is 0. The van der Waals surface area contributed by atoms with Crippen LogP contribution in [0.1, 0.15) is 5.69 Å². The molecule has 1 rings (SSSR count). The number of nitrogens with zero attached hydrogens (tertiary/aromatic N) is 2. The molecule has 2 N–H and O–H groups in total. The lowest BCUT2D eigenvalue weighted by Gasteiger charge is -2.20. The number of nitrogens with one attached hydrogen (secondary N) is 1. The predicted octanol–water partition coefficient (Wildman–Crippen LogP) is -0.228. The van der Waals surface area contributed by atoms with E-state index >= 15 is 0 Å². The number of aromatic nitrogens is 2. The first-order valence-corrected chi connectivity index (χ1v) is 2.83. The Hall–Kier alpha value is -1.40. The number of aryl methyl sites for hydroxylation is 1. The van der Waals surface area contributed by atoms with Crippen molar-refractivity contribution in [3.05, 3.63) is 27.6 Å². The van der Waals surface area contributed by atoms with E-state index in [-0.39, 0.29) is 11.4 Å². The molecular formula is C5H6N3O3-. The van der Waals surface area contributed by atoms with Gasteiger partial charge in [-0.05, 0) is 6.92 Å². The molecule has 0 atom stereocenters. The van der Waals surface area contributed by atoms with Crippen molar-refractivity contribution in [3.8, 4) is 0 Å². The maximum Gasteiger partial charge on any atom is 0.275 e. The third-order valence-electron chi connectivity index (χ3n) is 1.20. The fraction of sp³-hybridized carbons (Fsp3) is 0.200. The number of rotatable bonds is 1. The molecule has 0 aliphatic heterocycles. The molecule has 6 heteroatoms. The fourth-order valence-electron chi connectivity index (χ4n) is 0.707. The number of hydrogen-bond acceptors (Lipinski definition) is 5. The molecule has 0 fully saturated rings. The fourth-order valence-corrected chi connectivity index (χ4v) is 0.707. The molecule has 0 unspecified atom stereocenters. The number of anilines is 1. The molecule has 1 aromatic rings. The minimum Gasteiger partial charge on any atom is -0.733 e. The summed E-state index contributed by atoms with van der Waals surface area (Å²) in [5, 5.41) is 18.2. The van der Waals surface area contributed by atoms with Gasteiger partial charge in [0.15, 0.2) is 0 Å². The standard InChI is InChI=1S/C5H6N3O3/c1-3-4(8(10)11)5(9)7-2-6-3/h2,10H,1H3,(H,6,7,9)/q-1. The van der Waals surface area contributed by atoms with Gasteiger partial charge in [0.1, 0.15) is 5.69 Å². The van der Waals surface area contributed by atoms with Crippen molar-refractivity contribution in [1.82, 2.24) is 9.97 Å². The van der Waals surface area contributed by atoms with Crippen LogP contribution in [0, 0.1) is 12.1 Å². The molecular weight excluding hydrogens is 150 g/mol. The largest absolute Gasteiger partial charge is 0.733 e. The minimum absolute atomic E-state index is 0.186. The molecule has 1 heterocycles. The lowest BCUT2D eigenvalue weighted by molar-refractivity contribution is 0.294. The highest BCUT2D eigenvalue weighted by Gasteiger charge is 2.03. The van der Waals surface area contributed by atoms with Gasteiger partial charge in [0.2, 0.25) is 0 Å². The van der Waals surface area contributed by atoms with E-state index in [1.807, 2.05) is 0 Å². The molecule has 0 saturated heterocycles. The van der Waals surface area contributed by atoms with Crippen molar-refractivity contribution in [3.63, 3.8) is 0 Å². The van der Waals surface area contributed by atoms with Gasteiger partial charge in [-0.2, -0.15) is 0 Å². The van der Waals surface area contributed by atoms with Crippen molar-refractivity contribution < 1.29 is 5.21 Å². The van der Waals surface area contributed by atoms with Gasteiger partial charge in [0, 0.05) is 0 Å². The predicted molar refractivity (Wildman–Crippen MR) is 37.2 cm³/mol. The summed E-state index contributed by atoms with van der Waals surface area (Å²) in [6.45, 7) is 1.45. The summed E-state index contributed by atoms with van der Waals surface area (Å²) < 4.78 is 0. The Morgan fingerprint density at radius 2 is 2.45 bits per heavy atom. The van der Waals surface area contributed by atoms with E-state index in [2.05, 4.69) is 9.97 Å². The number of hydrogen-bond donors (Lipinski definition) is 2. The zero-order chi connectivity index (χ0) is 8.43. The second-order valence-electron chi connectivity index (χ2n) is 1.94. The van der Waals surface area contributed by atoms with Crippen LogP contribution in [0.4, 0.5) is 5.69 Å². The molecule has 0 aliphatic carbocycles. The molecule has 0 spiro atoms. The summed E-state index contributed by atoms with van der Waals surface area (Å²) in [4.78, 5) is 16.5. The normalized spacial score (nSPS) is 9.73. The lowest BCUT2D eigenvalue weighted by atomic mass is 10.4. The van der Waals surface area contributed by atoms with Gasteiger partial charge < -0.3 is 15.4 Å². The highest BCUT2D eigenvalue weighted by atomic mass is 16.8. The molecule has 6 nitrogen and oxygen atoms in total. The maximum atomic E-state index is 10.8. The highest BCUT2D eigenvalue weighted by molar-refractivity contribution is 5.45. The Labute approximate surface area is 61.7 Å². The maximum absolute atomic E-state index is 10.8. The quantitative estimate of drug-likeness (QED) is 0.548. The summed E-state index contributed by atoms with van der Waals surface area (Å²) >= 11 is 0. The minimum atomic E-state index is -0.657. The first kappa shape index (κ1) is 7.70. The van der Waals surface area contributed by atoms with Crippen LogP contribution < -0.4 is 10.8 Å². The summed E-state index contributed by atoms with van der Waals surface area (Å²) in [7, 11) is 0. The Morgan fingerprint density at radius 1 is 1.82 bits per heavy atom. The van der Waals surface area contributed by atoms with E-state index < -0.39 is 10.8 Å². The molecule has 0 saturated carbocycles. The smallest absolute Gasteiger partial charge is 0.275 e. The zero-order valence-corrected chi connectivity index (χ0v) is 5.74. The second kappa shape index (κ2) is 2.69. The number of aromatic amines is 1. The Morgan fingerprint density at radius 3 is 2.82 bits per heavy atom. The summed E-state index contributed by atoms with van der Waals surface area (Å²) in [5.41, 5.74) is -0.853. The summed E-state index contributed by atoms with van der Waals surface area (Å²) in [5.74, 6) is 0. The van der Waals surface area contributed by atoms with Crippen LogP contribution in [0.2, 0.25) is 0 Å². The van der Waals surface area contributed by atoms with Gasteiger partial charge in [0.05, 0.1) is 12.0 Å². The van der Waals surface area contributed by atoms with Crippen LogP contribution in [0.25, 0.3) is 0 Å². The van der Waals surface area contributed by atoms with Gasteiger partial charge in [-0.15, -0.1) is 0 Å². The first-order chi connectivity index (χ1) is 5.13. The van der Waals surface area contributed by atoms with Gasteiger partial charge in [-0.25, -0.2) is 4.98 Å². The third-order valence-corrected chi connectivity index (χ3v) is 1.20. The molecule has 0 bridgehead atoms. The first-order valence-electron chi connectivity index (χ1n) is 2.83. The van der Waals surface area contributed by atoms with Crippen LogP contribution in [0.5, 0.6) is 0 Å². The monoisotopic (exact) mass is 156 g/mol. The number of H-pyrrole nitrogens is 1. The molecule has 1 aromatic heterocycles. The third kappa shape index (κ3) is 1.36. The SMILES string of the molecule is Cc1nc[nH]c(=O)c1N([O-])O. The topological polar surface area (TPSA) is 92.3 Å². The highest BCUT2D eigenvalue weighted by Crippen LogP contribution is 2.06. The van der Waals surface area contributed by atoms with Crippen LogP contribution in [-0.2, 0) is 0 Å². The van der Waals surface area contributed by atoms with Crippen molar-refractivity contribution >= 4 is 5.69 Å². The van der Waals surface area contributed by atoms with E-state index in [1.54, 1.807) is 0 Å². The van der Waals surface area contributed by atoms with E-state index in [0.29, 0.717) is 0 Å². The van der Waals surface area contributed by atoms with Gasteiger partial charge in [0.25, 0.3) is 5.56 Å². The van der Waals surface area contributed by atoms with Crippen molar-refractivity contribution in [1.29, 1.82) is 0 Å². The van der Waals surface area contributed by atoms with Gasteiger partial charge in [-0.3, -0.25) is 10.0 Å². The molecule has 0 amide bonds. The zero-order valence-electron chi connectivity index (χ0n) is 5.74. The Bertz CT molecular complexity index is 306. The molecule has 60 valence electrons. The second-order valence-corrected chi connectivity index (χ2v) is 1.94. The van der Waals surface area contributed by atoms with Crippen LogP contribution in [0.3, 0.4) is 0 Å². The molecule has 0 aromatic carbocycles. The van der Waals surface area contributed by atoms with Gasteiger partial charge >= 0.3 is 0 Å². The van der Waals surface area contributed by atoms with Crippen molar-refractivity contribution in [2.45, 2.75) is 6.92 Å². The average molecular weight is 156 g/mol. The van der Waals surface area contributed by atoms with E-state index in [1.165, 1.54) is 6.92 Å². The molecule has 0 aliphatic rings. The van der Waals surface area contributed by atoms with E-state index in [9.17, 15) is 10.0 Å². The van der Waals surface area contributed by atoms with Crippen molar-refractivity contribution in [2.75, 3.05) is 5.23 Å². The molecule has 0 radical (unpaired) electrons. The van der Waals surface area contributed by atoms with Crippen molar-refractivity contribution in [2.24, 2.45) is 0 Å². The average Bonchev–Trinajstić information content (AvgIpc) is 1.85. The Balaban J connectivity index is 3.33. The lowest BCUT2D eigenvalue weighted by Crippen LogP contribution is -2.21. The van der Waals surface area contributed by atoms with Gasteiger partial charge in [-0.1, -0.05) is 0 Å². The Kier molecular flexibility index (Phi) is 1.88.